The average Bonchev–Trinajstić information content (AvgIpc) is 3.89. The van der Waals surface area contributed by atoms with Gasteiger partial charge in [0, 0.05) is 38.6 Å². The lowest BCUT2D eigenvalue weighted by atomic mass is 9.97. The number of fused-ring (bicyclic) bond motifs is 8. The fraction of sp³-hybridized carbons (Fsp3) is 0. The van der Waals surface area contributed by atoms with Gasteiger partial charge in [-0.15, -0.1) is 0 Å². The van der Waals surface area contributed by atoms with Gasteiger partial charge in [0.2, 0.25) is 0 Å². The molecule has 2 heterocycles. The third-order valence-electron chi connectivity index (χ3n) is 12.2. The summed E-state index contributed by atoms with van der Waals surface area (Å²) in [6, 6.07) is 82.7. The minimum atomic E-state index is 0.879. The Morgan fingerprint density at radius 3 is 1.52 bits per heavy atom. The van der Waals surface area contributed by atoms with Crippen LogP contribution in [0.1, 0.15) is 0 Å². The van der Waals surface area contributed by atoms with Crippen molar-refractivity contribution in [3.63, 3.8) is 0 Å². The van der Waals surface area contributed by atoms with E-state index in [1.165, 1.54) is 66.1 Å². The van der Waals surface area contributed by atoms with E-state index in [4.69, 9.17) is 4.42 Å². The molecule has 286 valence electrons. The molecule has 0 fully saturated rings. The molecular formula is C58H38N2O. The van der Waals surface area contributed by atoms with Crippen LogP contribution in [0.2, 0.25) is 0 Å². The second-order valence-electron chi connectivity index (χ2n) is 15.7. The van der Waals surface area contributed by atoms with Crippen molar-refractivity contribution in [3.8, 4) is 39.1 Å². The molecule has 0 N–H and O–H groups in total. The summed E-state index contributed by atoms with van der Waals surface area (Å²) in [7, 11) is 0. The normalized spacial score (nSPS) is 11.6. The lowest BCUT2D eigenvalue weighted by molar-refractivity contribution is 0.669. The summed E-state index contributed by atoms with van der Waals surface area (Å²) in [5.74, 6) is 0. The highest BCUT2D eigenvalue weighted by atomic mass is 16.3. The van der Waals surface area contributed by atoms with Gasteiger partial charge in [-0.05, 0) is 111 Å². The Morgan fingerprint density at radius 2 is 0.836 bits per heavy atom. The van der Waals surface area contributed by atoms with Gasteiger partial charge in [0.15, 0.2) is 5.58 Å². The Morgan fingerprint density at radius 1 is 0.344 bits per heavy atom. The molecule has 0 aliphatic heterocycles. The number of hydrogen-bond donors (Lipinski definition) is 0. The summed E-state index contributed by atoms with van der Waals surface area (Å²) >= 11 is 0. The maximum Gasteiger partial charge on any atom is 0.160 e. The maximum absolute atomic E-state index is 6.69. The fourth-order valence-electron chi connectivity index (χ4n) is 9.25. The molecule has 0 saturated heterocycles. The third-order valence-corrected chi connectivity index (χ3v) is 12.2. The standard InChI is InChI=1S/C58H38N2O/c1-3-14-46(15-4-1)59(55-38-45-13-7-8-18-49(45)57-51-20-10-12-22-56(51)61-58(55)57)48-34-31-42(32-35-48)41-25-23-39(24-26-41)40-27-29-43(30-28-40)44-33-36-54-52(37-44)50-19-9-11-21-53(50)60(54)47-16-5-2-6-17-47/h1-38H. The zero-order chi connectivity index (χ0) is 40.3. The van der Waals surface area contributed by atoms with Crippen LogP contribution in [0.25, 0.3) is 93.6 Å². The van der Waals surface area contributed by atoms with Gasteiger partial charge >= 0.3 is 0 Å². The van der Waals surface area contributed by atoms with Crippen LogP contribution < -0.4 is 4.90 Å². The molecule has 10 aromatic carbocycles. The van der Waals surface area contributed by atoms with Gasteiger partial charge in [-0.1, -0.05) is 164 Å². The molecular weight excluding hydrogens is 741 g/mol. The minimum Gasteiger partial charge on any atom is -0.454 e. The molecule has 0 bridgehead atoms. The monoisotopic (exact) mass is 778 g/mol. The van der Waals surface area contributed by atoms with Crippen LogP contribution in [-0.2, 0) is 0 Å². The van der Waals surface area contributed by atoms with Crippen LogP contribution in [0.3, 0.4) is 0 Å². The average molecular weight is 779 g/mol. The molecule has 12 rings (SSSR count). The molecule has 0 saturated carbocycles. The van der Waals surface area contributed by atoms with Gasteiger partial charge in [-0.3, -0.25) is 0 Å². The first-order chi connectivity index (χ1) is 30.2. The van der Waals surface area contributed by atoms with Crippen molar-refractivity contribution >= 4 is 71.6 Å². The van der Waals surface area contributed by atoms with Crippen LogP contribution in [0.5, 0.6) is 0 Å². The number of para-hydroxylation sites is 4. The van der Waals surface area contributed by atoms with Crippen molar-refractivity contribution < 1.29 is 4.42 Å². The Balaban J connectivity index is 0.849. The lowest BCUT2D eigenvalue weighted by Gasteiger charge is -2.26. The van der Waals surface area contributed by atoms with E-state index < -0.39 is 0 Å². The summed E-state index contributed by atoms with van der Waals surface area (Å²) in [5, 5.41) is 7.15. The lowest BCUT2D eigenvalue weighted by Crippen LogP contribution is -2.10. The van der Waals surface area contributed by atoms with Gasteiger partial charge in [0.1, 0.15) is 5.58 Å². The maximum atomic E-state index is 6.69. The van der Waals surface area contributed by atoms with E-state index in [2.05, 4.69) is 234 Å². The van der Waals surface area contributed by atoms with E-state index in [0.717, 1.165) is 44.6 Å². The van der Waals surface area contributed by atoms with Crippen molar-refractivity contribution in [1.29, 1.82) is 0 Å². The number of rotatable bonds is 7. The first-order valence-corrected chi connectivity index (χ1v) is 20.8. The van der Waals surface area contributed by atoms with Crippen LogP contribution in [0, 0.1) is 0 Å². The Bertz CT molecular complexity index is 3550. The second kappa shape index (κ2) is 14.3. The highest BCUT2D eigenvalue weighted by molar-refractivity contribution is 6.23. The van der Waals surface area contributed by atoms with E-state index in [1.54, 1.807) is 0 Å². The first-order valence-electron chi connectivity index (χ1n) is 20.8. The largest absolute Gasteiger partial charge is 0.454 e. The van der Waals surface area contributed by atoms with Crippen LogP contribution in [-0.4, -0.2) is 4.57 Å². The van der Waals surface area contributed by atoms with E-state index in [9.17, 15) is 0 Å². The summed E-state index contributed by atoms with van der Waals surface area (Å²) in [6.07, 6.45) is 0. The van der Waals surface area contributed by atoms with E-state index in [1.807, 2.05) is 6.07 Å². The second-order valence-corrected chi connectivity index (χ2v) is 15.7. The van der Waals surface area contributed by atoms with E-state index in [0.29, 0.717) is 0 Å². The van der Waals surface area contributed by atoms with Crippen molar-refractivity contribution in [2.75, 3.05) is 4.90 Å². The molecule has 0 aliphatic rings. The van der Waals surface area contributed by atoms with E-state index in [-0.39, 0.29) is 0 Å². The zero-order valence-corrected chi connectivity index (χ0v) is 33.2. The predicted octanol–water partition coefficient (Wildman–Crippen LogP) is 16.3. The Labute approximate surface area is 353 Å². The molecule has 3 nitrogen and oxygen atoms in total. The molecule has 0 aliphatic carbocycles. The van der Waals surface area contributed by atoms with Crippen LogP contribution in [0.15, 0.2) is 235 Å². The van der Waals surface area contributed by atoms with Crippen LogP contribution >= 0.6 is 0 Å². The predicted molar refractivity (Wildman–Crippen MR) is 257 cm³/mol. The molecule has 0 spiro atoms. The van der Waals surface area contributed by atoms with Crippen molar-refractivity contribution in [1.82, 2.24) is 4.57 Å². The first kappa shape index (κ1) is 34.9. The highest BCUT2D eigenvalue weighted by Crippen LogP contribution is 2.46. The summed E-state index contributed by atoms with van der Waals surface area (Å²) in [4.78, 5) is 2.31. The minimum absolute atomic E-state index is 0.879. The number of aromatic nitrogens is 1. The quantitative estimate of drug-likeness (QED) is 0.161. The molecule has 3 heteroatoms. The van der Waals surface area contributed by atoms with Crippen molar-refractivity contribution in [3.05, 3.63) is 231 Å². The van der Waals surface area contributed by atoms with Crippen molar-refractivity contribution in [2.24, 2.45) is 0 Å². The number of furan rings is 1. The number of nitrogens with zero attached hydrogens (tertiary/aromatic N) is 2. The molecule has 0 amide bonds. The summed E-state index contributed by atoms with van der Waals surface area (Å²) in [6.45, 7) is 0. The molecule has 0 radical (unpaired) electrons. The Hall–Kier alpha value is -8.14. The number of anilines is 3. The smallest absolute Gasteiger partial charge is 0.160 e. The molecule has 12 aromatic rings. The topological polar surface area (TPSA) is 21.3 Å². The molecule has 0 atom stereocenters. The SMILES string of the molecule is c1ccc(N(c2ccc(-c3ccc(-c4ccc(-c5ccc6c(c5)c5ccccc5n6-c5ccccc5)cc4)cc3)cc2)c2cc3ccccc3c3c2oc2ccccc23)cc1. The van der Waals surface area contributed by atoms with Crippen molar-refractivity contribution in [2.45, 2.75) is 0 Å². The number of hydrogen-bond acceptors (Lipinski definition) is 2. The summed E-state index contributed by atoms with van der Waals surface area (Å²) in [5.41, 5.74) is 15.6. The van der Waals surface area contributed by atoms with Gasteiger partial charge in [-0.25, -0.2) is 0 Å². The Kier molecular flexibility index (Phi) is 8.17. The van der Waals surface area contributed by atoms with Gasteiger partial charge < -0.3 is 13.9 Å². The molecule has 2 aromatic heterocycles. The third kappa shape index (κ3) is 5.90. The number of benzene rings is 10. The molecule has 61 heavy (non-hydrogen) atoms. The zero-order valence-electron chi connectivity index (χ0n) is 33.2. The van der Waals surface area contributed by atoms with Gasteiger partial charge in [-0.2, -0.15) is 0 Å². The fourth-order valence-corrected chi connectivity index (χ4v) is 9.25. The van der Waals surface area contributed by atoms with Crippen LogP contribution in [0.4, 0.5) is 17.1 Å². The van der Waals surface area contributed by atoms with Gasteiger partial charge in [0.25, 0.3) is 0 Å². The summed E-state index contributed by atoms with van der Waals surface area (Å²) < 4.78 is 9.05. The van der Waals surface area contributed by atoms with Gasteiger partial charge in [0.05, 0.1) is 16.7 Å². The van der Waals surface area contributed by atoms with E-state index >= 15 is 0 Å². The highest BCUT2D eigenvalue weighted by Gasteiger charge is 2.22. The molecule has 0 unspecified atom stereocenters.